The molecule has 2 aromatic rings. The number of likely N-dealkylation sites (tertiary alicyclic amines) is 1. The van der Waals surface area contributed by atoms with Crippen molar-refractivity contribution in [2.24, 2.45) is 0 Å². The van der Waals surface area contributed by atoms with Crippen LogP contribution in [0.2, 0.25) is 0 Å². The fraction of sp³-hybridized carbons (Fsp3) is 0.333. The van der Waals surface area contributed by atoms with Gasteiger partial charge in [-0.3, -0.25) is 5.41 Å². The van der Waals surface area contributed by atoms with E-state index >= 15 is 0 Å². The summed E-state index contributed by atoms with van der Waals surface area (Å²) in [5.74, 6) is 0.830. The molecule has 0 atom stereocenters. The Hall–Kier alpha value is -2.04. The average molecular weight is 229 g/mol. The third kappa shape index (κ3) is 1.54. The molecule has 1 fully saturated rings. The Bertz CT molecular complexity index is 565. The summed E-state index contributed by atoms with van der Waals surface area (Å²) >= 11 is 0. The number of nitrogens with zero attached hydrogens (tertiary/aromatic N) is 3. The molecule has 1 aliphatic heterocycles. The number of anilines is 1. The summed E-state index contributed by atoms with van der Waals surface area (Å²) in [7, 11) is 0. The van der Waals surface area contributed by atoms with Crippen LogP contribution in [0.25, 0.3) is 11.0 Å². The van der Waals surface area contributed by atoms with E-state index < -0.39 is 0 Å². The van der Waals surface area contributed by atoms with E-state index in [1.165, 1.54) is 0 Å². The first-order chi connectivity index (χ1) is 8.27. The highest BCUT2D eigenvalue weighted by Crippen LogP contribution is 2.19. The minimum atomic E-state index is 0.392. The normalized spacial score (nSPS) is 15.6. The van der Waals surface area contributed by atoms with E-state index in [1.54, 1.807) is 4.57 Å². The van der Waals surface area contributed by atoms with Gasteiger partial charge in [0.15, 0.2) is 0 Å². The van der Waals surface area contributed by atoms with Gasteiger partial charge < -0.3 is 10.6 Å². The standard InChI is InChI=1S/C12H15N5/c13-11-15-9-5-1-2-6-10(9)17(11)12(14)16-7-3-4-8-16/h1-2,5-6,14H,3-4,7-8H2,(H2,13,15). The van der Waals surface area contributed by atoms with E-state index in [0.717, 1.165) is 37.0 Å². The van der Waals surface area contributed by atoms with Gasteiger partial charge in [0.05, 0.1) is 11.0 Å². The van der Waals surface area contributed by atoms with Crippen molar-refractivity contribution in [3.8, 4) is 0 Å². The second-order valence-corrected chi connectivity index (χ2v) is 4.31. The van der Waals surface area contributed by atoms with Gasteiger partial charge in [-0.2, -0.15) is 0 Å². The van der Waals surface area contributed by atoms with Gasteiger partial charge in [-0.05, 0) is 25.0 Å². The van der Waals surface area contributed by atoms with E-state index in [1.807, 2.05) is 29.2 Å². The number of nitrogens with one attached hydrogen (secondary N) is 1. The van der Waals surface area contributed by atoms with Crippen molar-refractivity contribution in [1.82, 2.24) is 14.5 Å². The first kappa shape index (κ1) is 10.1. The SMILES string of the molecule is N=C(N1CCCC1)n1c(N)nc2ccccc21. The fourth-order valence-corrected chi connectivity index (χ4v) is 2.34. The second-order valence-electron chi connectivity index (χ2n) is 4.31. The van der Waals surface area contributed by atoms with Crippen molar-refractivity contribution < 1.29 is 0 Å². The van der Waals surface area contributed by atoms with Crippen molar-refractivity contribution in [1.29, 1.82) is 5.41 Å². The Morgan fingerprint density at radius 2 is 1.94 bits per heavy atom. The van der Waals surface area contributed by atoms with Crippen LogP contribution in [0.15, 0.2) is 24.3 Å². The molecule has 1 aromatic heterocycles. The summed E-state index contributed by atoms with van der Waals surface area (Å²) in [4.78, 5) is 6.32. The predicted molar refractivity (Wildman–Crippen MR) is 68.1 cm³/mol. The van der Waals surface area contributed by atoms with Crippen molar-refractivity contribution in [3.63, 3.8) is 0 Å². The number of rotatable bonds is 0. The Labute approximate surface area is 99.4 Å². The highest BCUT2D eigenvalue weighted by molar-refractivity contribution is 5.93. The summed E-state index contributed by atoms with van der Waals surface area (Å²) < 4.78 is 1.72. The zero-order chi connectivity index (χ0) is 11.8. The maximum absolute atomic E-state index is 8.24. The van der Waals surface area contributed by atoms with Gasteiger partial charge in [0.1, 0.15) is 0 Å². The van der Waals surface area contributed by atoms with Crippen LogP contribution in [0.1, 0.15) is 12.8 Å². The largest absolute Gasteiger partial charge is 0.369 e. The lowest BCUT2D eigenvalue weighted by Gasteiger charge is -2.19. The zero-order valence-electron chi connectivity index (χ0n) is 9.56. The lowest BCUT2D eigenvalue weighted by molar-refractivity contribution is 0.499. The molecular formula is C12H15N5. The molecule has 0 radical (unpaired) electrons. The molecular weight excluding hydrogens is 214 g/mol. The monoisotopic (exact) mass is 229 g/mol. The van der Waals surface area contributed by atoms with E-state index in [9.17, 15) is 0 Å². The second kappa shape index (κ2) is 3.76. The van der Waals surface area contributed by atoms with Gasteiger partial charge in [0.25, 0.3) is 0 Å². The Morgan fingerprint density at radius 1 is 1.24 bits per heavy atom. The third-order valence-electron chi connectivity index (χ3n) is 3.20. The smallest absolute Gasteiger partial charge is 0.208 e. The molecule has 5 nitrogen and oxygen atoms in total. The molecule has 17 heavy (non-hydrogen) atoms. The molecule has 0 unspecified atom stereocenters. The minimum absolute atomic E-state index is 0.392. The van der Waals surface area contributed by atoms with Gasteiger partial charge in [0.2, 0.25) is 11.9 Å². The molecule has 1 aliphatic rings. The van der Waals surface area contributed by atoms with Crippen LogP contribution < -0.4 is 5.73 Å². The number of fused-ring (bicyclic) bond motifs is 1. The van der Waals surface area contributed by atoms with Gasteiger partial charge in [-0.25, -0.2) is 9.55 Å². The summed E-state index contributed by atoms with van der Waals surface area (Å²) in [6, 6.07) is 7.73. The number of aromatic nitrogens is 2. The number of hydrogen-bond acceptors (Lipinski definition) is 3. The Kier molecular flexibility index (Phi) is 2.24. The van der Waals surface area contributed by atoms with Crippen molar-refractivity contribution in [2.75, 3.05) is 18.8 Å². The molecule has 0 bridgehead atoms. The van der Waals surface area contributed by atoms with E-state index in [0.29, 0.717) is 11.9 Å². The average Bonchev–Trinajstić information content (AvgIpc) is 2.94. The molecule has 5 heteroatoms. The molecule has 0 saturated carbocycles. The molecule has 1 saturated heterocycles. The summed E-state index contributed by atoms with van der Waals surface area (Å²) in [6.07, 6.45) is 2.30. The third-order valence-corrected chi connectivity index (χ3v) is 3.20. The van der Waals surface area contributed by atoms with E-state index in [-0.39, 0.29) is 0 Å². The molecule has 3 rings (SSSR count). The van der Waals surface area contributed by atoms with E-state index in [2.05, 4.69) is 4.98 Å². The van der Waals surface area contributed by atoms with Crippen LogP contribution in [-0.2, 0) is 0 Å². The summed E-state index contributed by atoms with van der Waals surface area (Å²) in [6.45, 7) is 1.87. The molecule has 0 amide bonds. The molecule has 0 spiro atoms. The number of benzene rings is 1. The summed E-state index contributed by atoms with van der Waals surface area (Å²) in [5, 5.41) is 8.24. The maximum atomic E-state index is 8.24. The lowest BCUT2D eigenvalue weighted by atomic mass is 10.3. The highest BCUT2D eigenvalue weighted by atomic mass is 15.3. The van der Waals surface area contributed by atoms with Gasteiger partial charge in [-0.1, -0.05) is 12.1 Å². The van der Waals surface area contributed by atoms with Crippen LogP contribution in [0, 0.1) is 5.41 Å². The van der Waals surface area contributed by atoms with E-state index in [4.69, 9.17) is 11.1 Å². The first-order valence-corrected chi connectivity index (χ1v) is 5.84. The lowest BCUT2D eigenvalue weighted by Crippen LogP contribution is -2.33. The van der Waals surface area contributed by atoms with Crippen LogP contribution >= 0.6 is 0 Å². The molecule has 2 heterocycles. The topological polar surface area (TPSA) is 70.9 Å². The van der Waals surface area contributed by atoms with Gasteiger partial charge in [-0.15, -0.1) is 0 Å². The number of nitrogen functional groups attached to an aromatic ring is 1. The molecule has 0 aliphatic carbocycles. The van der Waals surface area contributed by atoms with Gasteiger partial charge >= 0.3 is 0 Å². The predicted octanol–water partition coefficient (Wildman–Crippen LogP) is 1.50. The van der Waals surface area contributed by atoms with Crippen LogP contribution in [0.4, 0.5) is 5.95 Å². The van der Waals surface area contributed by atoms with Crippen LogP contribution in [-0.4, -0.2) is 33.5 Å². The molecule has 88 valence electrons. The number of hydrogen-bond donors (Lipinski definition) is 2. The van der Waals surface area contributed by atoms with Crippen LogP contribution in [0.3, 0.4) is 0 Å². The van der Waals surface area contributed by atoms with Crippen LogP contribution in [0.5, 0.6) is 0 Å². The molecule has 1 aromatic carbocycles. The number of imidazole rings is 1. The first-order valence-electron chi connectivity index (χ1n) is 5.84. The molecule has 3 N–H and O–H groups in total. The van der Waals surface area contributed by atoms with Crippen molar-refractivity contribution in [2.45, 2.75) is 12.8 Å². The minimum Gasteiger partial charge on any atom is -0.369 e. The van der Waals surface area contributed by atoms with Crippen molar-refractivity contribution in [3.05, 3.63) is 24.3 Å². The number of para-hydroxylation sites is 2. The highest BCUT2D eigenvalue weighted by Gasteiger charge is 2.20. The fourth-order valence-electron chi connectivity index (χ4n) is 2.34. The zero-order valence-corrected chi connectivity index (χ0v) is 9.56. The quantitative estimate of drug-likeness (QED) is 0.531. The summed E-state index contributed by atoms with van der Waals surface area (Å²) in [5.41, 5.74) is 7.65. The Balaban J connectivity index is 2.09. The van der Waals surface area contributed by atoms with Crippen molar-refractivity contribution >= 4 is 22.9 Å². The number of nitrogens with two attached hydrogens (primary N) is 1. The maximum Gasteiger partial charge on any atom is 0.208 e. The Morgan fingerprint density at radius 3 is 2.71 bits per heavy atom. The van der Waals surface area contributed by atoms with Gasteiger partial charge in [0, 0.05) is 13.1 Å².